The van der Waals surface area contributed by atoms with Crippen LogP contribution in [0.3, 0.4) is 0 Å². The van der Waals surface area contributed by atoms with Crippen molar-refractivity contribution in [2.24, 2.45) is 5.14 Å². The van der Waals surface area contributed by atoms with Crippen LogP contribution in [0.1, 0.15) is 10.4 Å². The third-order valence-electron chi connectivity index (χ3n) is 2.53. The average molecular weight is 309 g/mol. The van der Waals surface area contributed by atoms with Crippen molar-refractivity contribution in [3.05, 3.63) is 52.3 Å². The van der Waals surface area contributed by atoms with E-state index in [9.17, 15) is 23.1 Å². The summed E-state index contributed by atoms with van der Waals surface area (Å²) < 4.78 is 22.2. The molecule has 1 amide bonds. The Labute approximate surface area is 119 Å². The van der Waals surface area contributed by atoms with Crippen molar-refractivity contribution in [2.45, 2.75) is 4.90 Å². The van der Waals surface area contributed by atoms with E-state index < -0.39 is 27.4 Å². The van der Waals surface area contributed by atoms with E-state index in [1.807, 2.05) is 0 Å². The van der Waals surface area contributed by atoms with Gasteiger partial charge in [0.2, 0.25) is 10.0 Å². The van der Waals surface area contributed by atoms with Gasteiger partial charge in [-0.25, -0.2) is 13.6 Å². The van der Waals surface area contributed by atoms with E-state index in [2.05, 4.69) is 10.3 Å². The molecule has 9 heteroatoms. The van der Waals surface area contributed by atoms with Gasteiger partial charge in [-0.2, -0.15) is 0 Å². The number of anilines is 1. The predicted octanol–water partition coefficient (Wildman–Crippen LogP) is -0.0198. The molecule has 8 nitrogen and oxygen atoms in total. The van der Waals surface area contributed by atoms with Crippen LogP contribution in [-0.2, 0) is 10.0 Å². The molecule has 0 spiro atoms. The molecular weight excluding hydrogens is 298 g/mol. The highest BCUT2D eigenvalue weighted by Crippen LogP contribution is 2.14. The van der Waals surface area contributed by atoms with Crippen LogP contribution in [-0.4, -0.2) is 24.4 Å². The number of sulfonamides is 1. The maximum atomic E-state index is 11.9. The van der Waals surface area contributed by atoms with Crippen LogP contribution in [0.2, 0.25) is 0 Å². The molecule has 0 saturated carbocycles. The minimum absolute atomic E-state index is 0.0354. The molecule has 110 valence electrons. The smallest absolute Gasteiger partial charge is 0.256 e. The monoisotopic (exact) mass is 309 g/mol. The molecule has 0 radical (unpaired) electrons. The van der Waals surface area contributed by atoms with Crippen molar-refractivity contribution in [1.82, 2.24) is 4.98 Å². The van der Waals surface area contributed by atoms with E-state index in [1.54, 1.807) is 0 Å². The molecule has 1 aromatic heterocycles. The summed E-state index contributed by atoms with van der Waals surface area (Å²) in [6.07, 6.45) is 0. The molecule has 1 aromatic carbocycles. The third-order valence-corrected chi connectivity index (χ3v) is 3.46. The molecule has 1 heterocycles. The van der Waals surface area contributed by atoms with Crippen LogP contribution in [0.15, 0.2) is 46.1 Å². The first kappa shape index (κ1) is 14.8. The molecule has 2 aromatic rings. The summed E-state index contributed by atoms with van der Waals surface area (Å²) in [6.45, 7) is 0. The molecule has 0 bridgehead atoms. The van der Waals surface area contributed by atoms with Crippen LogP contribution in [0.5, 0.6) is 5.88 Å². The van der Waals surface area contributed by atoms with E-state index in [0.717, 1.165) is 12.1 Å². The van der Waals surface area contributed by atoms with Gasteiger partial charge >= 0.3 is 0 Å². The van der Waals surface area contributed by atoms with E-state index in [4.69, 9.17) is 5.14 Å². The lowest BCUT2D eigenvalue weighted by Crippen LogP contribution is -2.16. The molecule has 0 aliphatic rings. The molecule has 0 unspecified atom stereocenters. The summed E-state index contributed by atoms with van der Waals surface area (Å²) >= 11 is 0. The molecule has 5 N–H and O–H groups in total. The Morgan fingerprint density at radius 2 is 1.81 bits per heavy atom. The Bertz CT molecular complexity index is 840. The largest absolute Gasteiger partial charge is 0.494 e. The number of rotatable bonds is 3. The molecule has 0 saturated heterocycles. The van der Waals surface area contributed by atoms with Crippen LogP contribution >= 0.6 is 0 Å². The van der Waals surface area contributed by atoms with Gasteiger partial charge in [-0.15, -0.1) is 0 Å². The van der Waals surface area contributed by atoms with Gasteiger partial charge in [-0.3, -0.25) is 14.6 Å². The lowest BCUT2D eigenvalue weighted by Gasteiger charge is -2.06. The minimum atomic E-state index is -3.80. The number of benzene rings is 1. The standard InChI is InChI=1S/C12H11N3O5S/c13-21(19,20)9-3-1-8(2-4-9)14-12(18)7-5-10(16)15-11(17)6-7/h1-6H,(H,14,18)(H2,13,19,20)(H2,15,16,17). The molecule has 0 fully saturated rings. The Kier molecular flexibility index (Phi) is 3.78. The first-order chi connectivity index (χ1) is 9.75. The zero-order chi connectivity index (χ0) is 15.6. The lowest BCUT2D eigenvalue weighted by molar-refractivity contribution is 0.102. The Morgan fingerprint density at radius 1 is 1.19 bits per heavy atom. The van der Waals surface area contributed by atoms with Crippen molar-refractivity contribution >= 4 is 21.6 Å². The van der Waals surface area contributed by atoms with E-state index in [-0.39, 0.29) is 10.5 Å². The van der Waals surface area contributed by atoms with Crippen LogP contribution in [0.25, 0.3) is 0 Å². The number of carbonyl (C=O) groups is 1. The van der Waals surface area contributed by atoms with Crippen LogP contribution < -0.4 is 16.0 Å². The third kappa shape index (κ3) is 3.68. The Balaban J connectivity index is 2.22. The highest BCUT2D eigenvalue weighted by molar-refractivity contribution is 7.89. The van der Waals surface area contributed by atoms with Gasteiger partial charge in [0, 0.05) is 17.8 Å². The first-order valence-corrected chi connectivity index (χ1v) is 7.18. The maximum Gasteiger partial charge on any atom is 0.256 e. The number of pyridine rings is 1. The summed E-state index contributed by atoms with van der Waals surface area (Å²) in [5.74, 6) is -1.06. The summed E-state index contributed by atoms with van der Waals surface area (Å²) in [5, 5.41) is 16.6. The number of hydrogen-bond donors (Lipinski definition) is 4. The second kappa shape index (κ2) is 5.38. The zero-order valence-electron chi connectivity index (χ0n) is 10.5. The summed E-state index contributed by atoms with van der Waals surface area (Å²) in [6, 6.07) is 7.29. The van der Waals surface area contributed by atoms with Crippen molar-refractivity contribution in [3.63, 3.8) is 0 Å². The van der Waals surface area contributed by atoms with E-state index in [1.165, 1.54) is 24.3 Å². The van der Waals surface area contributed by atoms with Gasteiger partial charge in [0.1, 0.15) is 0 Å². The highest BCUT2D eigenvalue weighted by Gasteiger charge is 2.10. The van der Waals surface area contributed by atoms with Crippen molar-refractivity contribution in [1.29, 1.82) is 0 Å². The molecule has 0 aliphatic carbocycles. The van der Waals surface area contributed by atoms with Crippen molar-refractivity contribution in [2.75, 3.05) is 5.32 Å². The number of aromatic hydroxyl groups is 1. The molecule has 2 rings (SSSR count). The summed E-state index contributed by atoms with van der Waals surface area (Å²) in [5.41, 5.74) is -0.344. The number of nitrogens with two attached hydrogens (primary N) is 1. The second-order valence-electron chi connectivity index (χ2n) is 4.14. The Morgan fingerprint density at radius 3 is 2.33 bits per heavy atom. The molecule has 21 heavy (non-hydrogen) atoms. The number of aromatic amines is 1. The second-order valence-corrected chi connectivity index (χ2v) is 5.70. The molecule has 0 aliphatic heterocycles. The number of primary sulfonamides is 1. The summed E-state index contributed by atoms with van der Waals surface area (Å²) in [7, 11) is -3.80. The van der Waals surface area contributed by atoms with Gasteiger partial charge < -0.3 is 10.4 Å². The Hall–Kier alpha value is -2.65. The van der Waals surface area contributed by atoms with Gasteiger partial charge in [0.05, 0.1) is 10.5 Å². The molecular formula is C12H11N3O5S. The van der Waals surface area contributed by atoms with E-state index >= 15 is 0 Å². The number of nitrogens with one attached hydrogen (secondary N) is 2. The number of H-pyrrole nitrogens is 1. The van der Waals surface area contributed by atoms with Crippen molar-refractivity contribution in [3.8, 4) is 5.88 Å². The fourth-order valence-corrected chi connectivity index (χ4v) is 2.11. The number of hydrogen-bond acceptors (Lipinski definition) is 5. The average Bonchev–Trinajstić information content (AvgIpc) is 2.37. The number of amides is 1. The van der Waals surface area contributed by atoms with Gasteiger partial charge in [0.15, 0.2) is 5.88 Å². The van der Waals surface area contributed by atoms with Gasteiger partial charge in [0.25, 0.3) is 11.5 Å². The maximum absolute atomic E-state index is 11.9. The zero-order valence-corrected chi connectivity index (χ0v) is 11.3. The predicted molar refractivity (Wildman–Crippen MR) is 74.5 cm³/mol. The lowest BCUT2D eigenvalue weighted by atomic mass is 10.2. The van der Waals surface area contributed by atoms with Gasteiger partial charge in [-0.1, -0.05) is 0 Å². The topological polar surface area (TPSA) is 142 Å². The quantitative estimate of drug-likeness (QED) is 0.630. The SMILES string of the molecule is NS(=O)(=O)c1ccc(NC(=O)c2cc(O)[nH]c(=O)c2)cc1. The van der Waals surface area contributed by atoms with Crippen molar-refractivity contribution < 1.29 is 18.3 Å². The van der Waals surface area contributed by atoms with E-state index in [0.29, 0.717) is 5.69 Å². The number of carbonyl (C=O) groups excluding carboxylic acids is 1. The highest BCUT2D eigenvalue weighted by atomic mass is 32.2. The fourth-order valence-electron chi connectivity index (χ4n) is 1.59. The molecule has 0 atom stereocenters. The van der Waals surface area contributed by atoms with Gasteiger partial charge in [-0.05, 0) is 24.3 Å². The summed E-state index contributed by atoms with van der Waals surface area (Å²) in [4.78, 5) is 25.0. The number of aromatic nitrogens is 1. The normalized spacial score (nSPS) is 11.1. The fraction of sp³-hybridized carbons (Fsp3) is 0. The minimum Gasteiger partial charge on any atom is -0.494 e. The van der Waals surface area contributed by atoms with Crippen LogP contribution in [0, 0.1) is 0 Å². The van der Waals surface area contributed by atoms with Crippen LogP contribution in [0.4, 0.5) is 5.69 Å². The first-order valence-electron chi connectivity index (χ1n) is 5.63.